The Morgan fingerprint density at radius 3 is 2.73 bits per heavy atom. The molecule has 0 radical (unpaired) electrons. The van der Waals surface area contributed by atoms with Gasteiger partial charge in [0, 0.05) is 18.6 Å². The van der Waals surface area contributed by atoms with Crippen molar-refractivity contribution >= 4 is 5.78 Å². The zero-order valence-corrected chi connectivity index (χ0v) is 9.12. The first-order valence-corrected chi connectivity index (χ1v) is 4.97. The smallest absolute Gasteiger partial charge is 0.163 e. The van der Waals surface area contributed by atoms with Gasteiger partial charge in [-0.2, -0.15) is 0 Å². The number of rotatable bonds is 5. The molecule has 0 aliphatic heterocycles. The van der Waals surface area contributed by atoms with Crippen LogP contribution in [0.1, 0.15) is 28.8 Å². The van der Waals surface area contributed by atoms with E-state index in [1.807, 2.05) is 13.0 Å². The zero-order chi connectivity index (χ0) is 11.3. The third-order valence-electron chi connectivity index (χ3n) is 2.30. The SMILES string of the molecule is COc1ccc(C(=O)CCCO)c(C)c1. The van der Waals surface area contributed by atoms with E-state index < -0.39 is 0 Å². The van der Waals surface area contributed by atoms with Crippen LogP contribution in [0.3, 0.4) is 0 Å². The Balaban J connectivity index is 2.81. The van der Waals surface area contributed by atoms with Gasteiger partial charge in [-0.25, -0.2) is 0 Å². The van der Waals surface area contributed by atoms with Gasteiger partial charge in [-0.3, -0.25) is 4.79 Å². The van der Waals surface area contributed by atoms with Crippen LogP contribution in [0.2, 0.25) is 0 Å². The zero-order valence-electron chi connectivity index (χ0n) is 9.12. The number of benzene rings is 1. The summed E-state index contributed by atoms with van der Waals surface area (Å²) < 4.78 is 5.06. The molecule has 0 aliphatic rings. The van der Waals surface area contributed by atoms with E-state index in [4.69, 9.17) is 9.84 Å². The van der Waals surface area contributed by atoms with E-state index in [9.17, 15) is 4.79 Å². The van der Waals surface area contributed by atoms with Crippen LogP contribution in [-0.2, 0) is 0 Å². The monoisotopic (exact) mass is 208 g/mol. The summed E-state index contributed by atoms with van der Waals surface area (Å²) in [6, 6.07) is 5.39. The number of carbonyl (C=O) groups is 1. The first-order valence-electron chi connectivity index (χ1n) is 4.97. The second-order valence-electron chi connectivity index (χ2n) is 3.43. The van der Waals surface area contributed by atoms with Gasteiger partial charge in [0.2, 0.25) is 0 Å². The molecule has 0 bridgehead atoms. The van der Waals surface area contributed by atoms with Gasteiger partial charge in [0.25, 0.3) is 0 Å². The number of aryl methyl sites for hydroxylation is 1. The van der Waals surface area contributed by atoms with Crippen molar-refractivity contribution in [3.05, 3.63) is 29.3 Å². The lowest BCUT2D eigenvalue weighted by Crippen LogP contribution is -2.03. The minimum Gasteiger partial charge on any atom is -0.497 e. The van der Waals surface area contributed by atoms with Crippen LogP contribution in [0.5, 0.6) is 5.75 Å². The number of hydrogen-bond acceptors (Lipinski definition) is 3. The Kier molecular flexibility index (Phi) is 4.31. The molecule has 0 spiro atoms. The third-order valence-corrected chi connectivity index (χ3v) is 2.30. The van der Waals surface area contributed by atoms with E-state index in [0.717, 1.165) is 11.3 Å². The Morgan fingerprint density at radius 2 is 2.20 bits per heavy atom. The second kappa shape index (κ2) is 5.51. The normalized spacial score (nSPS) is 10.1. The van der Waals surface area contributed by atoms with E-state index in [1.165, 1.54) is 0 Å². The van der Waals surface area contributed by atoms with Crippen molar-refractivity contribution in [2.45, 2.75) is 19.8 Å². The highest BCUT2D eigenvalue weighted by molar-refractivity contribution is 5.97. The van der Waals surface area contributed by atoms with Crippen molar-refractivity contribution in [3.63, 3.8) is 0 Å². The maximum atomic E-state index is 11.7. The number of carbonyl (C=O) groups excluding carboxylic acids is 1. The van der Waals surface area contributed by atoms with Crippen molar-refractivity contribution in [2.24, 2.45) is 0 Å². The average Bonchev–Trinajstić information content (AvgIpc) is 2.25. The highest BCUT2D eigenvalue weighted by atomic mass is 16.5. The fraction of sp³-hybridized carbons (Fsp3) is 0.417. The molecule has 0 amide bonds. The molecule has 0 aliphatic carbocycles. The minimum absolute atomic E-state index is 0.0565. The fourth-order valence-electron chi connectivity index (χ4n) is 1.45. The number of aliphatic hydroxyl groups is 1. The number of hydrogen-bond donors (Lipinski definition) is 1. The van der Waals surface area contributed by atoms with E-state index in [0.29, 0.717) is 18.4 Å². The van der Waals surface area contributed by atoms with Gasteiger partial charge in [-0.05, 0) is 37.1 Å². The molecule has 3 nitrogen and oxygen atoms in total. The molecule has 15 heavy (non-hydrogen) atoms. The van der Waals surface area contributed by atoms with Gasteiger partial charge >= 0.3 is 0 Å². The summed E-state index contributed by atoms with van der Waals surface area (Å²) in [4.78, 5) is 11.7. The third kappa shape index (κ3) is 3.06. The summed E-state index contributed by atoms with van der Waals surface area (Å²) in [7, 11) is 1.60. The van der Waals surface area contributed by atoms with Crippen LogP contribution in [0, 0.1) is 6.92 Å². The first-order chi connectivity index (χ1) is 7.19. The van der Waals surface area contributed by atoms with Crippen molar-refractivity contribution in [2.75, 3.05) is 13.7 Å². The summed E-state index contributed by atoms with van der Waals surface area (Å²) in [5, 5.41) is 8.64. The molecular weight excluding hydrogens is 192 g/mol. The first kappa shape index (κ1) is 11.7. The number of ketones is 1. The molecule has 1 aromatic carbocycles. The minimum atomic E-state index is 0.0565. The van der Waals surface area contributed by atoms with Gasteiger partial charge in [-0.1, -0.05) is 0 Å². The van der Waals surface area contributed by atoms with Gasteiger partial charge in [-0.15, -0.1) is 0 Å². The maximum Gasteiger partial charge on any atom is 0.163 e. The topological polar surface area (TPSA) is 46.5 Å². The summed E-state index contributed by atoms with van der Waals surface area (Å²) in [5.74, 6) is 0.829. The molecule has 0 saturated heterocycles. The molecular formula is C12H16O3. The molecule has 1 aromatic rings. The van der Waals surface area contributed by atoms with Crippen molar-refractivity contribution < 1.29 is 14.6 Å². The molecule has 0 saturated carbocycles. The van der Waals surface area contributed by atoms with Gasteiger partial charge < -0.3 is 9.84 Å². The average molecular weight is 208 g/mol. The summed E-state index contributed by atoms with van der Waals surface area (Å²) in [6.45, 7) is 1.94. The van der Waals surface area contributed by atoms with Crippen LogP contribution in [0.25, 0.3) is 0 Å². The summed E-state index contributed by atoms with van der Waals surface area (Å²) >= 11 is 0. The molecule has 0 atom stereocenters. The maximum absolute atomic E-state index is 11.7. The van der Waals surface area contributed by atoms with Gasteiger partial charge in [0.05, 0.1) is 7.11 Å². The standard InChI is InChI=1S/C12H16O3/c1-9-8-10(15-2)5-6-11(9)12(14)4-3-7-13/h5-6,8,13H,3-4,7H2,1-2H3. The molecule has 0 aromatic heterocycles. The Labute approximate surface area is 89.7 Å². The Hall–Kier alpha value is -1.35. The van der Waals surface area contributed by atoms with Crippen LogP contribution in [0.15, 0.2) is 18.2 Å². The molecule has 0 heterocycles. The quantitative estimate of drug-likeness (QED) is 0.752. The van der Waals surface area contributed by atoms with Crippen molar-refractivity contribution in [1.29, 1.82) is 0 Å². The molecule has 82 valence electrons. The fourth-order valence-corrected chi connectivity index (χ4v) is 1.45. The van der Waals surface area contributed by atoms with Crippen LogP contribution in [-0.4, -0.2) is 24.6 Å². The molecule has 1 N–H and O–H groups in total. The summed E-state index contributed by atoms with van der Waals surface area (Å²) in [5.41, 5.74) is 1.63. The van der Waals surface area contributed by atoms with Crippen LogP contribution < -0.4 is 4.74 Å². The van der Waals surface area contributed by atoms with E-state index in [-0.39, 0.29) is 12.4 Å². The summed E-state index contributed by atoms with van der Waals surface area (Å²) in [6.07, 6.45) is 0.911. The van der Waals surface area contributed by atoms with Gasteiger partial charge in [0.15, 0.2) is 5.78 Å². The second-order valence-corrected chi connectivity index (χ2v) is 3.43. The largest absolute Gasteiger partial charge is 0.497 e. The van der Waals surface area contributed by atoms with E-state index in [2.05, 4.69) is 0 Å². The van der Waals surface area contributed by atoms with Gasteiger partial charge in [0.1, 0.15) is 5.75 Å². The number of Topliss-reactive ketones (excluding diaryl/α,β-unsaturated/α-hetero) is 1. The van der Waals surface area contributed by atoms with Crippen molar-refractivity contribution in [3.8, 4) is 5.75 Å². The lowest BCUT2D eigenvalue weighted by atomic mass is 10.0. The van der Waals surface area contributed by atoms with Crippen LogP contribution in [0.4, 0.5) is 0 Å². The number of ether oxygens (including phenoxy) is 1. The predicted molar refractivity (Wildman–Crippen MR) is 58.4 cm³/mol. The molecule has 0 fully saturated rings. The molecule has 1 rings (SSSR count). The van der Waals surface area contributed by atoms with E-state index in [1.54, 1.807) is 19.2 Å². The van der Waals surface area contributed by atoms with Crippen molar-refractivity contribution in [1.82, 2.24) is 0 Å². The number of methoxy groups -OCH3 is 1. The molecule has 3 heteroatoms. The highest BCUT2D eigenvalue weighted by Gasteiger charge is 2.08. The predicted octanol–water partition coefficient (Wildman–Crippen LogP) is 1.96. The lowest BCUT2D eigenvalue weighted by molar-refractivity contribution is 0.0970. The Bertz CT molecular complexity index is 345. The van der Waals surface area contributed by atoms with Crippen LogP contribution >= 0.6 is 0 Å². The van der Waals surface area contributed by atoms with E-state index >= 15 is 0 Å². The highest BCUT2D eigenvalue weighted by Crippen LogP contribution is 2.18. The number of aliphatic hydroxyl groups excluding tert-OH is 1. The lowest BCUT2D eigenvalue weighted by Gasteiger charge is -2.06. The Morgan fingerprint density at radius 1 is 1.47 bits per heavy atom. The molecule has 0 unspecified atom stereocenters.